The van der Waals surface area contributed by atoms with E-state index in [1.54, 1.807) is 32.2 Å². The maximum atomic E-state index is 12.3. The van der Waals surface area contributed by atoms with Gasteiger partial charge in [0, 0.05) is 18.6 Å². The molecule has 0 aliphatic heterocycles. The zero-order valence-corrected chi connectivity index (χ0v) is 12.7. The summed E-state index contributed by atoms with van der Waals surface area (Å²) in [4.78, 5) is 25.2. The fraction of sp³-hybridized carbons (Fsp3) is 0.429. The van der Waals surface area contributed by atoms with Crippen LogP contribution in [-0.2, 0) is 9.53 Å². The van der Waals surface area contributed by atoms with Gasteiger partial charge in [0.05, 0.1) is 25.7 Å². The summed E-state index contributed by atoms with van der Waals surface area (Å²) in [6.07, 6.45) is 0. The Morgan fingerprint density at radius 1 is 1.35 bits per heavy atom. The van der Waals surface area contributed by atoms with E-state index in [-0.39, 0.29) is 18.4 Å². The summed E-state index contributed by atoms with van der Waals surface area (Å²) in [6, 6.07) is 4.80. The monoisotopic (exact) mass is 299 g/mol. The third-order valence-corrected chi connectivity index (χ3v) is 3.13. The van der Waals surface area contributed by atoms with Gasteiger partial charge in [0.25, 0.3) is 5.91 Å². The van der Waals surface area contributed by atoms with Crippen LogP contribution in [0.1, 0.15) is 17.3 Å². The highest BCUT2D eigenvalue weighted by Gasteiger charge is 2.21. The lowest BCUT2D eigenvalue weighted by Gasteiger charge is -2.21. The molecule has 0 aliphatic carbocycles. The van der Waals surface area contributed by atoms with E-state index in [1.165, 1.54) is 19.1 Å². The SMILES string of the molecule is COC(=O)C(C)CN(C)C(=O)c1ccc(Cl)cc1OC. The molecule has 110 valence electrons. The van der Waals surface area contributed by atoms with Gasteiger partial charge >= 0.3 is 5.97 Å². The largest absolute Gasteiger partial charge is 0.496 e. The molecule has 1 rings (SSSR count). The van der Waals surface area contributed by atoms with Crippen molar-refractivity contribution >= 4 is 23.5 Å². The molecule has 0 aliphatic rings. The summed E-state index contributed by atoms with van der Waals surface area (Å²) in [6.45, 7) is 1.96. The summed E-state index contributed by atoms with van der Waals surface area (Å²) in [7, 11) is 4.41. The van der Waals surface area contributed by atoms with E-state index >= 15 is 0 Å². The second-order valence-corrected chi connectivity index (χ2v) is 4.89. The number of benzene rings is 1. The number of esters is 1. The van der Waals surface area contributed by atoms with Crippen molar-refractivity contribution in [2.45, 2.75) is 6.92 Å². The van der Waals surface area contributed by atoms with E-state index in [2.05, 4.69) is 4.74 Å². The molecule has 6 heteroatoms. The Hall–Kier alpha value is -1.75. The molecule has 1 atom stereocenters. The van der Waals surface area contributed by atoms with E-state index in [0.29, 0.717) is 16.3 Å². The van der Waals surface area contributed by atoms with Gasteiger partial charge in [-0.25, -0.2) is 0 Å². The van der Waals surface area contributed by atoms with Crippen LogP contribution in [0.4, 0.5) is 0 Å². The first kappa shape index (κ1) is 16.3. The van der Waals surface area contributed by atoms with Crippen LogP contribution in [-0.4, -0.2) is 44.6 Å². The third kappa shape index (κ3) is 3.87. The summed E-state index contributed by atoms with van der Waals surface area (Å²) < 4.78 is 9.79. The molecule has 1 unspecified atom stereocenters. The van der Waals surface area contributed by atoms with Crippen LogP contribution >= 0.6 is 11.6 Å². The van der Waals surface area contributed by atoms with Crippen LogP contribution in [0.3, 0.4) is 0 Å². The van der Waals surface area contributed by atoms with Crippen molar-refractivity contribution < 1.29 is 19.1 Å². The topological polar surface area (TPSA) is 55.8 Å². The Kier molecular flexibility index (Phi) is 5.82. The first-order valence-electron chi connectivity index (χ1n) is 6.07. The number of ether oxygens (including phenoxy) is 2. The number of hydrogen-bond donors (Lipinski definition) is 0. The van der Waals surface area contributed by atoms with Gasteiger partial charge in [-0.3, -0.25) is 9.59 Å². The van der Waals surface area contributed by atoms with E-state index in [0.717, 1.165) is 0 Å². The minimum absolute atomic E-state index is 0.241. The highest BCUT2D eigenvalue weighted by Crippen LogP contribution is 2.24. The highest BCUT2D eigenvalue weighted by molar-refractivity contribution is 6.30. The molecule has 1 aromatic rings. The van der Waals surface area contributed by atoms with Crippen molar-refractivity contribution in [1.29, 1.82) is 0 Å². The normalized spacial score (nSPS) is 11.7. The van der Waals surface area contributed by atoms with Crippen LogP contribution in [0.25, 0.3) is 0 Å². The van der Waals surface area contributed by atoms with Gasteiger partial charge in [0.1, 0.15) is 5.75 Å². The van der Waals surface area contributed by atoms with Crippen molar-refractivity contribution in [1.82, 2.24) is 4.90 Å². The van der Waals surface area contributed by atoms with E-state index in [1.807, 2.05) is 0 Å². The Labute approximate surface area is 123 Å². The molecule has 0 aromatic heterocycles. The molecule has 20 heavy (non-hydrogen) atoms. The minimum atomic E-state index is -0.396. The number of carbonyl (C=O) groups is 2. The molecule has 0 saturated heterocycles. The standard InChI is InChI=1S/C14H18ClNO4/c1-9(14(18)20-4)8-16(2)13(17)11-6-5-10(15)7-12(11)19-3/h5-7,9H,8H2,1-4H3. The van der Waals surface area contributed by atoms with Crippen molar-refractivity contribution in [3.05, 3.63) is 28.8 Å². The second kappa shape index (κ2) is 7.14. The molecule has 0 spiro atoms. The quantitative estimate of drug-likeness (QED) is 0.782. The smallest absolute Gasteiger partial charge is 0.310 e. The summed E-state index contributed by atoms with van der Waals surface area (Å²) in [5, 5.41) is 0.490. The van der Waals surface area contributed by atoms with Crippen molar-refractivity contribution in [3.63, 3.8) is 0 Å². The lowest BCUT2D eigenvalue weighted by molar-refractivity contribution is -0.145. The Morgan fingerprint density at radius 3 is 2.55 bits per heavy atom. The van der Waals surface area contributed by atoms with Crippen molar-refractivity contribution in [3.8, 4) is 5.75 Å². The molecule has 5 nitrogen and oxygen atoms in total. The number of rotatable bonds is 5. The fourth-order valence-corrected chi connectivity index (χ4v) is 1.98. The first-order chi connectivity index (χ1) is 9.40. The molecule has 0 bridgehead atoms. The average molecular weight is 300 g/mol. The highest BCUT2D eigenvalue weighted by atomic mass is 35.5. The molecule has 1 amide bonds. The van der Waals surface area contributed by atoms with E-state index in [9.17, 15) is 9.59 Å². The van der Waals surface area contributed by atoms with Gasteiger partial charge < -0.3 is 14.4 Å². The summed E-state index contributed by atoms with van der Waals surface area (Å²) in [5.41, 5.74) is 0.400. The first-order valence-corrected chi connectivity index (χ1v) is 6.45. The van der Waals surface area contributed by atoms with Gasteiger partial charge in [0.15, 0.2) is 0 Å². The summed E-state index contributed by atoms with van der Waals surface area (Å²) in [5.74, 6) is -0.589. The van der Waals surface area contributed by atoms with Crippen LogP contribution in [0.15, 0.2) is 18.2 Å². The predicted molar refractivity (Wildman–Crippen MR) is 76.1 cm³/mol. The zero-order valence-electron chi connectivity index (χ0n) is 12.0. The van der Waals surface area contributed by atoms with Crippen LogP contribution < -0.4 is 4.74 Å². The Balaban J connectivity index is 2.87. The molecule has 0 heterocycles. The number of nitrogens with zero attached hydrogens (tertiary/aromatic N) is 1. The Morgan fingerprint density at radius 2 is 2.00 bits per heavy atom. The molecular formula is C14H18ClNO4. The maximum Gasteiger partial charge on any atom is 0.310 e. The van der Waals surface area contributed by atoms with E-state index in [4.69, 9.17) is 16.3 Å². The lowest BCUT2D eigenvalue weighted by atomic mass is 10.1. The molecule has 0 fully saturated rings. The van der Waals surface area contributed by atoms with Crippen molar-refractivity contribution in [2.75, 3.05) is 27.8 Å². The Bertz CT molecular complexity index is 504. The zero-order chi connectivity index (χ0) is 15.3. The van der Waals surface area contributed by atoms with E-state index < -0.39 is 5.92 Å². The molecule has 0 radical (unpaired) electrons. The van der Waals surface area contributed by atoms with Gasteiger partial charge in [-0.05, 0) is 18.2 Å². The molecule has 0 N–H and O–H groups in total. The molecule has 0 saturated carbocycles. The number of methoxy groups -OCH3 is 2. The molecule has 1 aromatic carbocycles. The third-order valence-electron chi connectivity index (χ3n) is 2.89. The maximum absolute atomic E-state index is 12.3. The number of halogens is 1. The second-order valence-electron chi connectivity index (χ2n) is 4.45. The number of amides is 1. The lowest BCUT2D eigenvalue weighted by Crippen LogP contribution is -2.34. The van der Waals surface area contributed by atoms with Crippen molar-refractivity contribution in [2.24, 2.45) is 5.92 Å². The van der Waals surface area contributed by atoms with Crippen LogP contribution in [0, 0.1) is 5.92 Å². The van der Waals surface area contributed by atoms with Gasteiger partial charge in [-0.2, -0.15) is 0 Å². The number of hydrogen-bond acceptors (Lipinski definition) is 4. The van der Waals surface area contributed by atoms with Crippen LogP contribution in [0.5, 0.6) is 5.75 Å². The predicted octanol–water partition coefficient (Wildman–Crippen LogP) is 2.23. The van der Waals surface area contributed by atoms with Gasteiger partial charge in [-0.15, -0.1) is 0 Å². The average Bonchev–Trinajstić information content (AvgIpc) is 2.45. The fourth-order valence-electron chi connectivity index (χ4n) is 1.82. The van der Waals surface area contributed by atoms with Crippen LogP contribution in [0.2, 0.25) is 5.02 Å². The minimum Gasteiger partial charge on any atom is -0.496 e. The number of carbonyl (C=O) groups excluding carboxylic acids is 2. The molecular weight excluding hydrogens is 282 g/mol. The van der Waals surface area contributed by atoms with Gasteiger partial charge in [0.2, 0.25) is 0 Å². The summed E-state index contributed by atoms with van der Waals surface area (Å²) >= 11 is 5.86. The van der Waals surface area contributed by atoms with Gasteiger partial charge in [-0.1, -0.05) is 18.5 Å².